The van der Waals surface area contributed by atoms with E-state index in [0.717, 1.165) is 47.9 Å². The maximum Gasteiger partial charge on any atom is 0.234 e. The van der Waals surface area contributed by atoms with Gasteiger partial charge in [-0.2, -0.15) is 0 Å². The highest BCUT2D eigenvalue weighted by molar-refractivity contribution is 8.16. The lowest BCUT2D eigenvalue weighted by Crippen LogP contribution is -2.39. The molecule has 0 aromatic heterocycles. The van der Waals surface area contributed by atoms with Crippen molar-refractivity contribution in [3.05, 3.63) is 65.7 Å². The first-order valence-electron chi connectivity index (χ1n) is 9.96. The van der Waals surface area contributed by atoms with E-state index in [1.54, 1.807) is 0 Å². The van der Waals surface area contributed by atoms with Gasteiger partial charge in [-0.15, -0.1) is 0 Å². The zero-order valence-corrected chi connectivity index (χ0v) is 17.7. The van der Waals surface area contributed by atoms with Crippen LogP contribution < -0.4 is 5.32 Å². The molecule has 0 aliphatic carbocycles. The molecule has 0 bridgehead atoms. The van der Waals surface area contributed by atoms with Crippen LogP contribution in [0.1, 0.15) is 24.0 Å². The van der Waals surface area contributed by atoms with E-state index in [1.165, 1.54) is 17.3 Å². The van der Waals surface area contributed by atoms with Gasteiger partial charge in [-0.1, -0.05) is 59.8 Å². The zero-order chi connectivity index (χ0) is 20.3. The molecule has 5 nitrogen and oxygen atoms in total. The first-order chi connectivity index (χ1) is 14.0. The number of nitrogens with one attached hydrogen (secondary N) is 1. The van der Waals surface area contributed by atoms with Gasteiger partial charge in [0.05, 0.1) is 11.5 Å². The number of carbonyl (C=O) groups is 1. The summed E-state index contributed by atoms with van der Waals surface area (Å²) in [5.74, 6) is 0.285. The number of rotatable bonds is 4. The minimum Gasteiger partial charge on any atom is -0.325 e. The summed E-state index contributed by atoms with van der Waals surface area (Å²) in [5.41, 5.74) is 3.60. The van der Waals surface area contributed by atoms with Crippen LogP contribution in [0.2, 0.25) is 0 Å². The van der Waals surface area contributed by atoms with E-state index in [9.17, 15) is 4.79 Å². The van der Waals surface area contributed by atoms with Gasteiger partial charge in [0.1, 0.15) is 5.04 Å². The molecule has 1 saturated heterocycles. The van der Waals surface area contributed by atoms with Crippen LogP contribution >= 0.6 is 11.8 Å². The van der Waals surface area contributed by atoms with E-state index in [1.807, 2.05) is 49.4 Å². The van der Waals surface area contributed by atoms with Crippen molar-refractivity contribution in [2.24, 2.45) is 9.98 Å². The Hall–Kier alpha value is -2.44. The lowest BCUT2D eigenvalue weighted by atomic mass is 9.99. The summed E-state index contributed by atoms with van der Waals surface area (Å²) in [5, 5.41) is 3.84. The molecule has 1 fully saturated rings. The van der Waals surface area contributed by atoms with Crippen LogP contribution in [-0.4, -0.2) is 53.1 Å². The van der Waals surface area contributed by atoms with Crippen molar-refractivity contribution in [1.29, 1.82) is 0 Å². The minimum absolute atomic E-state index is 0.0294. The third kappa shape index (κ3) is 4.77. The largest absolute Gasteiger partial charge is 0.325 e. The van der Waals surface area contributed by atoms with Crippen molar-refractivity contribution in [3.63, 3.8) is 0 Å². The Bertz CT molecular complexity index is 929. The third-order valence-electron chi connectivity index (χ3n) is 5.34. The topological polar surface area (TPSA) is 57.1 Å². The highest BCUT2D eigenvalue weighted by atomic mass is 32.2. The third-order valence-corrected chi connectivity index (χ3v) is 6.31. The summed E-state index contributed by atoms with van der Waals surface area (Å²) in [6.07, 6.45) is 1.83. The molecule has 1 amide bonds. The number of nitrogens with zero attached hydrogens (tertiary/aromatic N) is 3. The molecule has 1 spiro atoms. The number of likely N-dealkylation sites (tertiary alicyclic amines) is 1. The fourth-order valence-corrected chi connectivity index (χ4v) is 4.45. The quantitative estimate of drug-likeness (QED) is 0.835. The lowest BCUT2D eigenvalue weighted by Gasteiger charge is -2.33. The molecule has 2 heterocycles. The van der Waals surface area contributed by atoms with Crippen molar-refractivity contribution in [1.82, 2.24) is 4.90 Å². The van der Waals surface area contributed by atoms with Gasteiger partial charge in [0, 0.05) is 37.2 Å². The standard InChI is InChI=1S/C23H26N4OS/c1-17-8-10-19(11-9-17)24-20(28)16-29-22-21(18-6-4-3-5-7-18)25-23(26-22)12-14-27(2)15-13-23/h3-11H,12-16H2,1-2H3,(H,24,28). The molecule has 0 atom stereocenters. The van der Waals surface area contributed by atoms with Crippen LogP contribution in [0.3, 0.4) is 0 Å². The zero-order valence-electron chi connectivity index (χ0n) is 16.9. The molecule has 2 aromatic carbocycles. The van der Waals surface area contributed by atoms with Crippen molar-refractivity contribution < 1.29 is 4.79 Å². The van der Waals surface area contributed by atoms with Crippen molar-refractivity contribution in [2.45, 2.75) is 25.4 Å². The van der Waals surface area contributed by atoms with Crippen molar-refractivity contribution in [3.8, 4) is 0 Å². The molecular weight excluding hydrogens is 380 g/mol. The van der Waals surface area contributed by atoms with Crippen LogP contribution in [0.25, 0.3) is 0 Å². The lowest BCUT2D eigenvalue weighted by molar-refractivity contribution is -0.113. The highest BCUT2D eigenvalue weighted by Crippen LogP contribution is 2.35. The average Bonchev–Trinajstić information content (AvgIpc) is 3.10. The van der Waals surface area contributed by atoms with E-state index in [2.05, 4.69) is 29.4 Å². The molecule has 0 unspecified atom stereocenters. The molecule has 0 saturated carbocycles. The second-order valence-corrected chi connectivity index (χ2v) is 8.70. The summed E-state index contributed by atoms with van der Waals surface area (Å²) in [6, 6.07) is 18.0. The molecule has 2 aromatic rings. The summed E-state index contributed by atoms with van der Waals surface area (Å²) in [4.78, 5) is 24.9. The SMILES string of the molecule is Cc1ccc(NC(=O)CSC2=NC3(CCN(C)CC3)N=C2c2ccccc2)cc1. The second kappa shape index (κ2) is 8.51. The number of aryl methyl sites for hydroxylation is 1. The minimum atomic E-state index is -0.368. The van der Waals surface area contributed by atoms with Gasteiger partial charge in [-0.05, 0) is 26.1 Å². The monoisotopic (exact) mass is 406 g/mol. The maximum absolute atomic E-state index is 12.5. The number of thioether (sulfide) groups is 1. The summed E-state index contributed by atoms with van der Waals surface area (Å²) in [6.45, 7) is 4.00. The Labute approximate surface area is 176 Å². The van der Waals surface area contributed by atoms with E-state index < -0.39 is 0 Å². The number of carbonyl (C=O) groups excluding carboxylic acids is 1. The van der Waals surface area contributed by atoms with Gasteiger partial charge in [-0.25, -0.2) is 4.99 Å². The number of amides is 1. The van der Waals surface area contributed by atoms with Gasteiger partial charge in [-0.3, -0.25) is 9.79 Å². The fourth-order valence-electron chi connectivity index (χ4n) is 3.58. The summed E-state index contributed by atoms with van der Waals surface area (Å²) >= 11 is 1.48. The van der Waals surface area contributed by atoms with Gasteiger partial charge in [0.2, 0.25) is 5.91 Å². The van der Waals surface area contributed by atoms with Crippen molar-refractivity contribution in [2.75, 3.05) is 31.2 Å². The van der Waals surface area contributed by atoms with Gasteiger partial charge in [0.15, 0.2) is 5.66 Å². The first kappa shape index (κ1) is 19.9. The first-order valence-corrected chi connectivity index (χ1v) is 10.9. The molecular formula is C23H26N4OS. The van der Waals surface area contributed by atoms with Crippen LogP contribution in [0.5, 0.6) is 0 Å². The number of benzene rings is 2. The van der Waals surface area contributed by atoms with Gasteiger partial charge >= 0.3 is 0 Å². The summed E-state index contributed by atoms with van der Waals surface area (Å²) < 4.78 is 0. The Morgan fingerprint density at radius 1 is 1.07 bits per heavy atom. The van der Waals surface area contributed by atoms with Gasteiger partial charge in [0.25, 0.3) is 0 Å². The van der Waals surface area contributed by atoms with E-state index in [0.29, 0.717) is 5.75 Å². The predicted octanol–water partition coefficient (Wildman–Crippen LogP) is 3.99. The number of anilines is 1. The normalized spacial score (nSPS) is 18.4. The Morgan fingerprint density at radius 3 is 2.45 bits per heavy atom. The molecule has 2 aliphatic rings. The van der Waals surface area contributed by atoms with Crippen LogP contribution in [0.4, 0.5) is 5.69 Å². The molecule has 4 rings (SSSR count). The average molecular weight is 407 g/mol. The summed E-state index contributed by atoms with van der Waals surface area (Å²) in [7, 11) is 2.14. The Kier molecular flexibility index (Phi) is 5.83. The predicted molar refractivity (Wildman–Crippen MR) is 122 cm³/mol. The number of piperidine rings is 1. The highest BCUT2D eigenvalue weighted by Gasteiger charge is 2.39. The fraction of sp³-hybridized carbons (Fsp3) is 0.348. The van der Waals surface area contributed by atoms with E-state index in [-0.39, 0.29) is 11.6 Å². The molecule has 2 aliphatic heterocycles. The number of hydrogen-bond donors (Lipinski definition) is 1. The van der Waals surface area contributed by atoms with E-state index >= 15 is 0 Å². The van der Waals surface area contributed by atoms with E-state index in [4.69, 9.17) is 9.98 Å². The molecule has 1 N–H and O–H groups in total. The maximum atomic E-state index is 12.5. The molecule has 0 radical (unpaired) electrons. The van der Waals surface area contributed by atoms with Crippen LogP contribution in [-0.2, 0) is 4.79 Å². The van der Waals surface area contributed by atoms with Crippen LogP contribution in [0, 0.1) is 6.92 Å². The smallest absolute Gasteiger partial charge is 0.234 e. The Balaban J connectivity index is 1.48. The Morgan fingerprint density at radius 2 is 1.76 bits per heavy atom. The number of aliphatic imine (C=N–C) groups is 2. The molecule has 29 heavy (non-hydrogen) atoms. The van der Waals surface area contributed by atoms with Crippen molar-refractivity contribution >= 4 is 34.1 Å². The van der Waals surface area contributed by atoms with Crippen LogP contribution in [0.15, 0.2) is 64.6 Å². The molecule has 150 valence electrons. The number of hydrogen-bond acceptors (Lipinski definition) is 5. The van der Waals surface area contributed by atoms with Gasteiger partial charge < -0.3 is 10.2 Å². The molecule has 6 heteroatoms. The second-order valence-electron chi connectivity index (χ2n) is 7.73.